The third-order valence-electron chi connectivity index (χ3n) is 6.27. The number of unbranched alkanes of at least 4 members (excludes halogenated alkanes) is 1. The molecule has 0 saturated carbocycles. The number of carboxylic acids is 1. The molecule has 4 aromatic rings. The van der Waals surface area contributed by atoms with Crippen molar-refractivity contribution in [2.45, 2.75) is 44.1 Å². The van der Waals surface area contributed by atoms with Gasteiger partial charge in [-0.2, -0.15) is 26.3 Å². The summed E-state index contributed by atoms with van der Waals surface area (Å²) in [7, 11) is 0. The molecular formula is C29H23F6N3O3. The minimum atomic E-state index is -4.76. The summed E-state index contributed by atoms with van der Waals surface area (Å²) in [5.74, 6) is -1.98. The molecule has 4 rings (SSSR count). The van der Waals surface area contributed by atoms with Crippen LogP contribution in [-0.4, -0.2) is 33.1 Å². The number of amides is 1. The number of rotatable bonds is 9. The summed E-state index contributed by atoms with van der Waals surface area (Å²) in [5.41, 5.74) is 0.332. The van der Waals surface area contributed by atoms with Crippen LogP contribution in [0, 0.1) is 0 Å². The van der Waals surface area contributed by atoms with E-state index < -0.39 is 35.8 Å². The lowest BCUT2D eigenvalue weighted by Crippen LogP contribution is -2.38. The van der Waals surface area contributed by atoms with Crippen LogP contribution in [0.2, 0.25) is 0 Å². The van der Waals surface area contributed by atoms with Gasteiger partial charge in [0.2, 0.25) is 0 Å². The number of aromatic nitrogens is 2. The van der Waals surface area contributed by atoms with Gasteiger partial charge in [0, 0.05) is 17.5 Å². The zero-order valence-corrected chi connectivity index (χ0v) is 21.3. The topological polar surface area (TPSA) is 92.2 Å². The number of benzene rings is 3. The molecule has 214 valence electrons. The van der Waals surface area contributed by atoms with Crippen molar-refractivity contribution in [3.63, 3.8) is 0 Å². The van der Waals surface area contributed by atoms with E-state index in [-0.39, 0.29) is 40.7 Å². The lowest BCUT2D eigenvalue weighted by Gasteiger charge is -2.22. The molecule has 0 spiro atoms. The van der Waals surface area contributed by atoms with Gasteiger partial charge in [-0.25, -0.2) is 9.97 Å². The molecule has 1 amide bonds. The molecular weight excluding hydrogens is 552 g/mol. The number of alkyl halides is 6. The Morgan fingerprint density at radius 1 is 0.829 bits per heavy atom. The summed E-state index contributed by atoms with van der Waals surface area (Å²) in [4.78, 5) is 32.8. The molecule has 0 fully saturated rings. The molecule has 41 heavy (non-hydrogen) atoms. The van der Waals surface area contributed by atoms with E-state index >= 15 is 0 Å². The highest BCUT2D eigenvalue weighted by molar-refractivity contribution is 5.97. The molecule has 0 radical (unpaired) electrons. The van der Waals surface area contributed by atoms with Gasteiger partial charge in [0.1, 0.15) is 0 Å². The zero-order chi connectivity index (χ0) is 29.8. The Hall–Kier alpha value is -4.48. The van der Waals surface area contributed by atoms with E-state index in [1.807, 2.05) is 5.32 Å². The van der Waals surface area contributed by atoms with Gasteiger partial charge in [0.25, 0.3) is 5.91 Å². The molecule has 1 heterocycles. The van der Waals surface area contributed by atoms with Gasteiger partial charge in [-0.05, 0) is 55.2 Å². The predicted octanol–water partition coefficient (Wildman–Crippen LogP) is 7.15. The number of nitrogens with zero attached hydrogens (tertiary/aromatic N) is 2. The molecule has 3 aromatic carbocycles. The minimum Gasteiger partial charge on any atom is -0.481 e. The van der Waals surface area contributed by atoms with Crippen molar-refractivity contribution in [3.8, 4) is 11.3 Å². The second kappa shape index (κ2) is 11.9. The van der Waals surface area contributed by atoms with E-state index in [1.165, 1.54) is 54.6 Å². The Morgan fingerprint density at radius 2 is 1.51 bits per heavy atom. The lowest BCUT2D eigenvalue weighted by molar-refractivity contribution is -0.155. The molecule has 0 bridgehead atoms. The van der Waals surface area contributed by atoms with Crippen LogP contribution in [0.5, 0.6) is 0 Å². The SMILES string of the molecule is O=C(O)CCCCc1nc2cc(C(=O)N[C@@H](c3ccccc3)C(F)(F)F)ccc2nc1-c1ccc(C(F)(F)F)cc1. The maximum absolute atomic E-state index is 13.7. The Kier molecular flexibility index (Phi) is 8.60. The summed E-state index contributed by atoms with van der Waals surface area (Å²) < 4.78 is 80.4. The van der Waals surface area contributed by atoms with E-state index in [1.54, 1.807) is 6.07 Å². The smallest absolute Gasteiger partial charge is 0.416 e. The molecule has 0 aliphatic heterocycles. The van der Waals surface area contributed by atoms with Crippen molar-refractivity contribution < 1.29 is 41.0 Å². The molecule has 0 aliphatic carbocycles. The number of hydrogen-bond donors (Lipinski definition) is 2. The van der Waals surface area contributed by atoms with Crippen LogP contribution >= 0.6 is 0 Å². The number of carbonyl (C=O) groups is 2. The van der Waals surface area contributed by atoms with Crippen molar-refractivity contribution in [2.75, 3.05) is 0 Å². The molecule has 2 N–H and O–H groups in total. The van der Waals surface area contributed by atoms with Crippen molar-refractivity contribution in [3.05, 3.63) is 95.2 Å². The van der Waals surface area contributed by atoms with Gasteiger partial charge < -0.3 is 10.4 Å². The van der Waals surface area contributed by atoms with Crippen LogP contribution in [-0.2, 0) is 17.4 Å². The molecule has 1 atom stereocenters. The third kappa shape index (κ3) is 7.38. The maximum Gasteiger partial charge on any atom is 0.416 e. The number of hydrogen-bond acceptors (Lipinski definition) is 4. The summed E-state index contributed by atoms with van der Waals surface area (Å²) in [6.07, 6.45) is -8.47. The molecule has 1 aromatic heterocycles. The number of nitrogens with one attached hydrogen (secondary N) is 1. The van der Waals surface area contributed by atoms with E-state index in [4.69, 9.17) is 5.11 Å². The van der Waals surface area contributed by atoms with Gasteiger partial charge in [-0.1, -0.05) is 42.5 Å². The van der Waals surface area contributed by atoms with Crippen LogP contribution in [0.25, 0.3) is 22.3 Å². The number of carboxylic acid groups (broad SMARTS) is 1. The van der Waals surface area contributed by atoms with Crippen molar-refractivity contribution in [1.82, 2.24) is 15.3 Å². The average molecular weight is 576 g/mol. The van der Waals surface area contributed by atoms with Crippen LogP contribution < -0.4 is 5.32 Å². The van der Waals surface area contributed by atoms with Crippen LogP contribution in [0.15, 0.2) is 72.8 Å². The summed E-state index contributed by atoms with van der Waals surface area (Å²) in [6, 6.07) is 13.0. The highest BCUT2D eigenvalue weighted by Gasteiger charge is 2.42. The average Bonchev–Trinajstić information content (AvgIpc) is 2.92. The highest BCUT2D eigenvalue weighted by Crippen LogP contribution is 2.34. The summed E-state index contributed by atoms with van der Waals surface area (Å²) >= 11 is 0. The van der Waals surface area contributed by atoms with Gasteiger partial charge in [-0.15, -0.1) is 0 Å². The Balaban J connectivity index is 1.68. The van der Waals surface area contributed by atoms with Crippen molar-refractivity contribution >= 4 is 22.9 Å². The first-order chi connectivity index (χ1) is 19.3. The quantitative estimate of drug-likeness (QED) is 0.163. The summed E-state index contributed by atoms with van der Waals surface area (Å²) in [5, 5.41) is 10.9. The fraction of sp³-hybridized carbons (Fsp3) is 0.241. The molecule has 0 aliphatic rings. The number of fused-ring (bicyclic) bond motifs is 1. The van der Waals surface area contributed by atoms with Crippen LogP contribution in [0.3, 0.4) is 0 Å². The lowest BCUT2D eigenvalue weighted by atomic mass is 10.0. The van der Waals surface area contributed by atoms with Gasteiger partial charge in [0.15, 0.2) is 6.04 Å². The van der Waals surface area contributed by atoms with Crippen LogP contribution in [0.4, 0.5) is 26.3 Å². The number of aryl methyl sites for hydroxylation is 1. The normalized spacial score (nSPS) is 12.7. The summed E-state index contributed by atoms with van der Waals surface area (Å²) in [6.45, 7) is 0. The van der Waals surface area contributed by atoms with Crippen LogP contribution in [0.1, 0.15) is 52.5 Å². The molecule has 12 heteroatoms. The first kappa shape index (κ1) is 29.5. The third-order valence-corrected chi connectivity index (χ3v) is 6.27. The molecule has 0 unspecified atom stereocenters. The number of aliphatic carboxylic acids is 1. The zero-order valence-electron chi connectivity index (χ0n) is 21.3. The van der Waals surface area contributed by atoms with E-state index in [9.17, 15) is 35.9 Å². The standard InChI is InChI=1S/C29H23F6N3O3/c30-28(31,32)20-13-10-17(11-14-20)25-22(8-4-5-9-24(39)40)36-23-16-19(12-15-21(23)37-25)27(41)38-26(29(33,34)35)18-6-2-1-3-7-18/h1-3,6-7,10-16,26H,4-5,8-9H2,(H,38,41)(H,39,40)/t26-/m0/s1. The maximum atomic E-state index is 13.7. The fourth-order valence-electron chi connectivity index (χ4n) is 4.24. The van der Waals surface area contributed by atoms with Gasteiger partial charge in [0.05, 0.1) is 28.0 Å². The highest BCUT2D eigenvalue weighted by atomic mass is 19.4. The first-order valence-electron chi connectivity index (χ1n) is 12.5. The molecule has 6 nitrogen and oxygen atoms in total. The number of halogens is 6. The Morgan fingerprint density at radius 3 is 2.12 bits per heavy atom. The van der Waals surface area contributed by atoms with Gasteiger partial charge >= 0.3 is 18.3 Å². The second-order valence-corrected chi connectivity index (χ2v) is 9.26. The van der Waals surface area contributed by atoms with Gasteiger partial charge in [-0.3, -0.25) is 9.59 Å². The predicted molar refractivity (Wildman–Crippen MR) is 138 cm³/mol. The second-order valence-electron chi connectivity index (χ2n) is 9.26. The van der Waals surface area contributed by atoms with Crippen molar-refractivity contribution in [1.29, 1.82) is 0 Å². The van der Waals surface area contributed by atoms with Crippen molar-refractivity contribution in [2.24, 2.45) is 0 Å². The van der Waals surface area contributed by atoms with E-state index in [2.05, 4.69) is 9.97 Å². The Labute approximate surface area is 230 Å². The molecule has 0 saturated heterocycles. The minimum absolute atomic E-state index is 0.0945. The monoisotopic (exact) mass is 575 g/mol. The number of carbonyl (C=O) groups excluding carboxylic acids is 1. The van der Waals surface area contributed by atoms with E-state index in [0.29, 0.717) is 24.1 Å². The van der Waals surface area contributed by atoms with E-state index in [0.717, 1.165) is 12.1 Å². The first-order valence-corrected chi connectivity index (χ1v) is 12.5. The largest absolute Gasteiger partial charge is 0.481 e. The Bertz CT molecular complexity index is 1540. The fourth-order valence-corrected chi connectivity index (χ4v) is 4.24.